The van der Waals surface area contributed by atoms with Gasteiger partial charge in [-0.2, -0.15) is 5.26 Å². The number of aryl methyl sites for hydroxylation is 1. The van der Waals surface area contributed by atoms with Crippen LogP contribution in [0, 0.1) is 18.3 Å². The van der Waals surface area contributed by atoms with E-state index in [1.54, 1.807) is 24.3 Å². The molecular formula is C22H16N4O2. The number of hydrogen-bond donors (Lipinski definition) is 2. The van der Waals surface area contributed by atoms with Crippen molar-refractivity contribution in [3.8, 4) is 11.8 Å². The first kappa shape index (κ1) is 17.3. The lowest BCUT2D eigenvalue weighted by Crippen LogP contribution is -2.00. The number of benzene rings is 2. The number of carbonyl (C=O) groups is 1. The first-order valence-electron chi connectivity index (χ1n) is 8.65. The maximum absolute atomic E-state index is 11.2. The van der Waals surface area contributed by atoms with Gasteiger partial charge < -0.3 is 14.7 Å². The monoisotopic (exact) mass is 368 g/mol. The molecule has 0 unspecified atom stereocenters. The first-order chi connectivity index (χ1) is 13.5. The summed E-state index contributed by atoms with van der Waals surface area (Å²) >= 11 is 0. The highest BCUT2D eigenvalue weighted by molar-refractivity contribution is 5.90. The molecule has 0 aliphatic carbocycles. The fourth-order valence-corrected chi connectivity index (χ4v) is 3.09. The minimum absolute atomic E-state index is 0.203. The summed E-state index contributed by atoms with van der Waals surface area (Å²) < 4.78 is 1.83. The topological polar surface area (TPSA) is 94.7 Å². The van der Waals surface area contributed by atoms with Gasteiger partial charge >= 0.3 is 5.97 Å². The minimum atomic E-state index is -0.985. The lowest BCUT2D eigenvalue weighted by Gasteiger charge is -2.08. The van der Waals surface area contributed by atoms with Gasteiger partial charge in [-0.3, -0.25) is 0 Å². The molecule has 2 aromatic carbocycles. The third kappa shape index (κ3) is 3.17. The number of nitriles is 1. The maximum atomic E-state index is 11.2. The minimum Gasteiger partial charge on any atom is -0.478 e. The summed E-state index contributed by atoms with van der Waals surface area (Å²) in [4.78, 5) is 19.0. The molecule has 0 spiro atoms. The summed E-state index contributed by atoms with van der Waals surface area (Å²) in [6.45, 7) is 2.00. The average molecular weight is 368 g/mol. The predicted octanol–water partition coefficient (Wildman–Crippen LogP) is 4.42. The molecule has 0 saturated heterocycles. The second kappa shape index (κ2) is 6.89. The van der Waals surface area contributed by atoms with E-state index in [0.717, 1.165) is 22.3 Å². The summed E-state index contributed by atoms with van der Waals surface area (Å²) in [5.74, 6) is -0.489. The third-order valence-corrected chi connectivity index (χ3v) is 4.46. The molecule has 136 valence electrons. The molecule has 0 amide bonds. The number of aromatic amines is 1. The fourth-order valence-electron chi connectivity index (χ4n) is 3.09. The van der Waals surface area contributed by atoms with Crippen molar-refractivity contribution >= 4 is 28.7 Å². The normalized spacial score (nSPS) is 11.5. The van der Waals surface area contributed by atoms with Gasteiger partial charge in [-0.1, -0.05) is 12.1 Å². The molecule has 0 atom stereocenters. The Labute approximate surface area is 161 Å². The Morgan fingerprint density at radius 3 is 2.86 bits per heavy atom. The molecule has 6 heteroatoms. The van der Waals surface area contributed by atoms with E-state index >= 15 is 0 Å². The number of carboxylic acid groups (broad SMARTS) is 1. The van der Waals surface area contributed by atoms with Gasteiger partial charge in [0, 0.05) is 17.6 Å². The van der Waals surface area contributed by atoms with E-state index in [0.29, 0.717) is 17.1 Å². The zero-order valence-corrected chi connectivity index (χ0v) is 15.0. The standard InChI is InChI=1S/C22H16N4O2/c1-14-7-8-19-20(10-14)25-21(24-19)16(13-23)12-18-6-3-9-26(18)17-5-2-4-15(11-17)22(27)28/h2-12H,1H3,(H,24,25)(H,27,28). The van der Waals surface area contributed by atoms with Crippen LogP contribution in [0.1, 0.15) is 27.4 Å². The van der Waals surface area contributed by atoms with Crippen LogP contribution < -0.4 is 0 Å². The van der Waals surface area contributed by atoms with E-state index in [9.17, 15) is 15.2 Å². The van der Waals surface area contributed by atoms with Crippen LogP contribution in [-0.4, -0.2) is 25.6 Å². The number of hydrogen-bond acceptors (Lipinski definition) is 3. The molecule has 28 heavy (non-hydrogen) atoms. The van der Waals surface area contributed by atoms with Gasteiger partial charge in [0.25, 0.3) is 0 Å². The summed E-state index contributed by atoms with van der Waals surface area (Å²) in [5, 5.41) is 18.9. The highest BCUT2D eigenvalue weighted by Crippen LogP contribution is 2.22. The summed E-state index contributed by atoms with van der Waals surface area (Å²) in [6.07, 6.45) is 3.56. The largest absolute Gasteiger partial charge is 0.478 e. The number of rotatable bonds is 4. The number of nitrogens with one attached hydrogen (secondary N) is 1. The van der Waals surface area contributed by atoms with Crippen molar-refractivity contribution in [2.45, 2.75) is 6.92 Å². The highest BCUT2D eigenvalue weighted by Gasteiger charge is 2.11. The molecule has 2 heterocycles. The van der Waals surface area contributed by atoms with Crippen molar-refractivity contribution in [1.82, 2.24) is 14.5 Å². The lowest BCUT2D eigenvalue weighted by atomic mass is 10.2. The zero-order valence-electron chi connectivity index (χ0n) is 15.0. The predicted molar refractivity (Wildman–Crippen MR) is 107 cm³/mol. The fraction of sp³-hybridized carbons (Fsp3) is 0.0455. The quantitative estimate of drug-likeness (QED) is 0.521. The van der Waals surface area contributed by atoms with Gasteiger partial charge in [0.05, 0.1) is 22.2 Å². The summed E-state index contributed by atoms with van der Waals surface area (Å²) in [7, 11) is 0. The van der Waals surface area contributed by atoms with Crippen LogP contribution in [-0.2, 0) is 0 Å². The van der Waals surface area contributed by atoms with Crippen molar-refractivity contribution in [2.75, 3.05) is 0 Å². The Morgan fingerprint density at radius 2 is 2.07 bits per heavy atom. The smallest absolute Gasteiger partial charge is 0.335 e. The van der Waals surface area contributed by atoms with Crippen molar-refractivity contribution in [2.24, 2.45) is 0 Å². The Balaban J connectivity index is 1.78. The summed E-state index contributed by atoms with van der Waals surface area (Å²) in [5.41, 5.74) is 4.83. The number of H-pyrrole nitrogens is 1. The third-order valence-electron chi connectivity index (χ3n) is 4.46. The van der Waals surface area contributed by atoms with Crippen LogP contribution >= 0.6 is 0 Å². The number of aromatic nitrogens is 3. The van der Waals surface area contributed by atoms with Crippen molar-refractivity contribution in [1.29, 1.82) is 5.26 Å². The maximum Gasteiger partial charge on any atom is 0.335 e. The highest BCUT2D eigenvalue weighted by atomic mass is 16.4. The molecule has 0 aliphatic heterocycles. The van der Waals surface area contributed by atoms with Gasteiger partial charge in [0.1, 0.15) is 11.9 Å². The van der Waals surface area contributed by atoms with Gasteiger partial charge in [0.15, 0.2) is 0 Å². The van der Waals surface area contributed by atoms with E-state index in [1.165, 1.54) is 0 Å². The molecular weight excluding hydrogens is 352 g/mol. The van der Waals surface area contributed by atoms with Gasteiger partial charge in [-0.05, 0) is 61.0 Å². The van der Waals surface area contributed by atoms with Crippen molar-refractivity contribution in [3.05, 3.63) is 83.4 Å². The Hall–Kier alpha value is -4.11. The van der Waals surface area contributed by atoms with Gasteiger partial charge in [-0.15, -0.1) is 0 Å². The van der Waals surface area contributed by atoms with E-state index in [4.69, 9.17) is 0 Å². The van der Waals surface area contributed by atoms with Crippen molar-refractivity contribution < 1.29 is 9.90 Å². The van der Waals surface area contributed by atoms with E-state index < -0.39 is 5.97 Å². The van der Waals surface area contributed by atoms with Crippen LogP contribution in [0.25, 0.3) is 28.4 Å². The Morgan fingerprint density at radius 1 is 1.21 bits per heavy atom. The molecule has 0 aliphatic rings. The Kier molecular flexibility index (Phi) is 4.26. The number of allylic oxidation sites excluding steroid dienone is 1. The number of nitrogens with zero attached hydrogens (tertiary/aromatic N) is 3. The first-order valence-corrected chi connectivity index (χ1v) is 8.65. The van der Waals surface area contributed by atoms with E-state index in [2.05, 4.69) is 16.0 Å². The second-order valence-corrected chi connectivity index (χ2v) is 6.43. The van der Waals surface area contributed by atoms with E-state index in [-0.39, 0.29) is 5.56 Å². The molecule has 2 aromatic heterocycles. The number of carboxylic acids is 1. The Bertz CT molecular complexity index is 1270. The number of imidazole rings is 1. The van der Waals surface area contributed by atoms with Crippen LogP contribution in [0.15, 0.2) is 60.8 Å². The SMILES string of the molecule is Cc1ccc2nc(C(C#N)=Cc3cccn3-c3cccc(C(=O)O)c3)[nH]c2c1. The van der Waals surface area contributed by atoms with Crippen molar-refractivity contribution in [3.63, 3.8) is 0 Å². The van der Waals surface area contributed by atoms with Crippen LogP contribution in [0.5, 0.6) is 0 Å². The van der Waals surface area contributed by atoms with Crippen LogP contribution in [0.4, 0.5) is 0 Å². The molecule has 0 bridgehead atoms. The number of fused-ring (bicyclic) bond motifs is 1. The molecule has 0 radical (unpaired) electrons. The van der Waals surface area contributed by atoms with Gasteiger partial charge in [-0.25, -0.2) is 9.78 Å². The van der Waals surface area contributed by atoms with Crippen LogP contribution in [0.3, 0.4) is 0 Å². The molecule has 6 nitrogen and oxygen atoms in total. The molecule has 4 rings (SSSR count). The van der Waals surface area contributed by atoms with E-state index in [1.807, 2.05) is 54.1 Å². The average Bonchev–Trinajstić information content (AvgIpc) is 3.32. The molecule has 4 aromatic rings. The second-order valence-electron chi connectivity index (χ2n) is 6.43. The molecule has 0 fully saturated rings. The molecule has 2 N–H and O–H groups in total. The summed E-state index contributed by atoms with van der Waals surface area (Å²) in [6, 6.07) is 18.4. The lowest BCUT2D eigenvalue weighted by molar-refractivity contribution is 0.0697. The number of aromatic carboxylic acids is 1. The zero-order chi connectivity index (χ0) is 19.7. The van der Waals surface area contributed by atoms with Gasteiger partial charge in [0.2, 0.25) is 0 Å². The van der Waals surface area contributed by atoms with Crippen LogP contribution in [0.2, 0.25) is 0 Å². The molecule has 0 saturated carbocycles.